The minimum Gasteiger partial charge on any atom is -0.377 e. The van der Waals surface area contributed by atoms with Gasteiger partial charge in [-0.15, -0.1) is 0 Å². The van der Waals surface area contributed by atoms with E-state index in [-0.39, 0.29) is 12.5 Å². The van der Waals surface area contributed by atoms with Crippen molar-refractivity contribution in [1.29, 1.82) is 0 Å². The molecule has 0 bridgehead atoms. The number of morpholine rings is 1. The molecule has 0 aliphatic carbocycles. The van der Waals surface area contributed by atoms with Crippen LogP contribution in [-0.2, 0) is 21.4 Å². The van der Waals surface area contributed by atoms with Crippen LogP contribution in [0.3, 0.4) is 0 Å². The summed E-state index contributed by atoms with van der Waals surface area (Å²) in [6.07, 6.45) is 3.20. The minimum atomic E-state index is -0.853. The zero-order valence-electron chi connectivity index (χ0n) is 10.7. The molecule has 104 valence electrons. The summed E-state index contributed by atoms with van der Waals surface area (Å²) >= 11 is 0. The molecule has 19 heavy (non-hydrogen) atoms. The Morgan fingerprint density at radius 2 is 2.32 bits per heavy atom. The molecule has 1 fully saturated rings. The average molecular weight is 267 g/mol. The molecule has 0 spiro atoms. The molecule has 1 saturated heterocycles. The largest absolute Gasteiger partial charge is 0.377 e. The lowest BCUT2D eigenvalue weighted by Gasteiger charge is -2.34. The molecule has 2 atom stereocenters. The number of nitrogens with two attached hydrogens (primary N) is 2. The zero-order valence-corrected chi connectivity index (χ0v) is 10.7. The SMILES string of the molecule is Cn1cc(C(N)C(=O)N2CCOCC2C(N)=O)cn1. The van der Waals surface area contributed by atoms with E-state index >= 15 is 0 Å². The summed E-state index contributed by atoms with van der Waals surface area (Å²) in [6, 6.07) is -1.61. The van der Waals surface area contributed by atoms with Gasteiger partial charge < -0.3 is 21.1 Å². The van der Waals surface area contributed by atoms with Crippen LogP contribution >= 0.6 is 0 Å². The van der Waals surface area contributed by atoms with Gasteiger partial charge >= 0.3 is 0 Å². The van der Waals surface area contributed by atoms with E-state index in [0.29, 0.717) is 18.7 Å². The van der Waals surface area contributed by atoms with E-state index < -0.39 is 18.0 Å². The van der Waals surface area contributed by atoms with Crippen molar-refractivity contribution in [1.82, 2.24) is 14.7 Å². The number of hydrogen-bond donors (Lipinski definition) is 2. The minimum absolute atomic E-state index is 0.112. The van der Waals surface area contributed by atoms with Gasteiger partial charge in [-0.25, -0.2) is 0 Å². The van der Waals surface area contributed by atoms with Crippen molar-refractivity contribution in [2.75, 3.05) is 19.8 Å². The van der Waals surface area contributed by atoms with Crippen molar-refractivity contribution >= 4 is 11.8 Å². The number of aryl methyl sites for hydroxylation is 1. The lowest BCUT2D eigenvalue weighted by atomic mass is 10.1. The molecule has 2 amide bonds. The highest BCUT2D eigenvalue weighted by atomic mass is 16.5. The molecule has 4 N–H and O–H groups in total. The van der Waals surface area contributed by atoms with Crippen LogP contribution in [0.5, 0.6) is 0 Å². The summed E-state index contributed by atoms with van der Waals surface area (Å²) in [7, 11) is 1.74. The van der Waals surface area contributed by atoms with Gasteiger partial charge in [-0.3, -0.25) is 14.3 Å². The lowest BCUT2D eigenvalue weighted by molar-refractivity contribution is -0.148. The van der Waals surface area contributed by atoms with Crippen LogP contribution in [0.25, 0.3) is 0 Å². The highest BCUT2D eigenvalue weighted by molar-refractivity contribution is 5.89. The van der Waals surface area contributed by atoms with E-state index in [1.54, 1.807) is 17.9 Å². The second-order valence-electron chi connectivity index (χ2n) is 4.45. The van der Waals surface area contributed by atoms with Gasteiger partial charge in [0.1, 0.15) is 12.1 Å². The third-order valence-corrected chi connectivity index (χ3v) is 3.09. The number of aromatic nitrogens is 2. The highest BCUT2D eigenvalue weighted by Gasteiger charge is 2.34. The fourth-order valence-electron chi connectivity index (χ4n) is 2.03. The standard InChI is InChI=1S/C11H17N5O3/c1-15-5-7(4-14-15)9(12)11(18)16-2-3-19-6-8(16)10(13)17/h4-5,8-9H,2-3,6,12H2,1H3,(H2,13,17). The monoisotopic (exact) mass is 267 g/mol. The van der Waals surface area contributed by atoms with Gasteiger partial charge in [0, 0.05) is 25.4 Å². The quantitative estimate of drug-likeness (QED) is 0.665. The number of nitrogens with zero attached hydrogens (tertiary/aromatic N) is 3. The van der Waals surface area contributed by atoms with Crippen LogP contribution in [-0.4, -0.2) is 52.3 Å². The van der Waals surface area contributed by atoms with E-state index in [1.807, 2.05) is 0 Å². The fourth-order valence-corrected chi connectivity index (χ4v) is 2.03. The smallest absolute Gasteiger partial charge is 0.245 e. The Hall–Kier alpha value is -1.93. The molecule has 0 saturated carbocycles. The topological polar surface area (TPSA) is 116 Å². The molecule has 0 aromatic carbocycles. The Morgan fingerprint density at radius 1 is 1.58 bits per heavy atom. The van der Waals surface area contributed by atoms with Crippen LogP contribution in [0.15, 0.2) is 12.4 Å². The first-order valence-electron chi connectivity index (χ1n) is 5.92. The molecule has 1 aromatic heterocycles. The first-order valence-corrected chi connectivity index (χ1v) is 5.92. The molecule has 2 unspecified atom stereocenters. The number of primary amides is 1. The van der Waals surface area contributed by atoms with Gasteiger partial charge in [-0.2, -0.15) is 5.10 Å². The van der Waals surface area contributed by atoms with Gasteiger partial charge in [0.25, 0.3) is 0 Å². The number of hydrogen-bond acceptors (Lipinski definition) is 5. The molecule has 1 aromatic rings. The fraction of sp³-hybridized carbons (Fsp3) is 0.545. The molecule has 8 heteroatoms. The second-order valence-corrected chi connectivity index (χ2v) is 4.45. The molecular formula is C11H17N5O3. The Morgan fingerprint density at radius 3 is 2.89 bits per heavy atom. The third-order valence-electron chi connectivity index (χ3n) is 3.09. The van der Waals surface area contributed by atoms with Crippen molar-refractivity contribution in [3.8, 4) is 0 Å². The molecule has 1 aliphatic rings. The van der Waals surface area contributed by atoms with E-state index in [1.165, 1.54) is 11.1 Å². The molecular weight excluding hydrogens is 250 g/mol. The number of amides is 2. The first-order chi connectivity index (χ1) is 9.00. The first kappa shape index (κ1) is 13.5. The van der Waals surface area contributed by atoms with E-state index in [0.717, 1.165) is 0 Å². The van der Waals surface area contributed by atoms with Crippen LogP contribution in [0.2, 0.25) is 0 Å². The van der Waals surface area contributed by atoms with Crippen LogP contribution in [0, 0.1) is 0 Å². The van der Waals surface area contributed by atoms with Crippen molar-refractivity contribution in [2.45, 2.75) is 12.1 Å². The van der Waals surface area contributed by atoms with Gasteiger partial charge in [0.15, 0.2) is 0 Å². The Labute approximate surface area is 110 Å². The van der Waals surface area contributed by atoms with E-state index in [4.69, 9.17) is 16.2 Å². The van der Waals surface area contributed by atoms with Crippen LogP contribution in [0.4, 0.5) is 0 Å². The molecule has 1 aliphatic heterocycles. The van der Waals surface area contributed by atoms with Crippen molar-refractivity contribution in [2.24, 2.45) is 18.5 Å². The van der Waals surface area contributed by atoms with Crippen molar-refractivity contribution < 1.29 is 14.3 Å². The van der Waals surface area contributed by atoms with Crippen LogP contribution in [0.1, 0.15) is 11.6 Å². The predicted octanol–water partition coefficient (Wildman–Crippen LogP) is -1.87. The van der Waals surface area contributed by atoms with Gasteiger partial charge in [0.2, 0.25) is 11.8 Å². The third kappa shape index (κ3) is 2.74. The van der Waals surface area contributed by atoms with Crippen LogP contribution < -0.4 is 11.5 Å². The number of carbonyl (C=O) groups is 2. The van der Waals surface area contributed by atoms with E-state index in [9.17, 15) is 9.59 Å². The summed E-state index contributed by atoms with van der Waals surface area (Å²) < 4.78 is 6.72. The average Bonchev–Trinajstić information content (AvgIpc) is 2.83. The summed E-state index contributed by atoms with van der Waals surface area (Å²) in [6.45, 7) is 0.788. The highest BCUT2D eigenvalue weighted by Crippen LogP contribution is 2.16. The maximum Gasteiger partial charge on any atom is 0.245 e. The molecule has 2 rings (SSSR count). The Kier molecular flexibility index (Phi) is 3.82. The summed E-state index contributed by atoms with van der Waals surface area (Å²) in [5, 5.41) is 3.97. The molecule has 2 heterocycles. The van der Waals surface area contributed by atoms with Crippen molar-refractivity contribution in [3.05, 3.63) is 18.0 Å². The maximum atomic E-state index is 12.3. The number of carbonyl (C=O) groups excluding carboxylic acids is 2. The lowest BCUT2D eigenvalue weighted by Crippen LogP contribution is -2.56. The predicted molar refractivity (Wildman–Crippen MR) is 65.7 cm³/mol. The summed E-state index contributed by atoms with van der Waals surface area (Å²) in [5.41, 5.74) is 11.8. The Balaban J connectivity index is 2.15. The van der Waals surface area contributed by atoms with Gasteiger partial charge in [0.05, 0.1) is 19.4 Å². The van der Waals surface area contributed by atoms with Crippen molar-refractivity contribution in [3.63, 3.8) is 0 Å². The molecule has 8 nitrogen and oxygen atoms in total. The summed E-state index contributed by atoms with van der Waals surface area (Å²) in [4.78, 5) is 25.0. The maximum absolute atomic E-state index is 12.3. The van der Waals surface area contributed by atoms with E-state index in [2.05, 4.69) is 5.10 Å². The van der Waals surface area contributed by atoms with Gasteiger partial charge in [-0.05, 0) is 0 Å². The zero-order chi connectivity index (χ0) is 14.0. The Bertz CT molecular complexity index is 486. The number of rotatable bonds is 3. The number of ether oxygens (including phenoxy) is 1. The summed E-state index contributed by atoms with van der Waals surface area (Å²) in [5.74, 6) is -0.938. The van der Waals surface area contributed by atoms with Gasteiger partial charge in [-0.1, -0.05) is 0 Å². The second kappa shape index (κ2) is 5.37. The molecule has 0 radical (unpaired) electrons. The normalized spacial score (nSPS) is 21.2.